The second kappa shape index (κ2) is 8.53. The van der Waals surface area contributed by atoms with E-state index in [-0.39, 0.29) is 29.7 Å². The maximum Gasteiger partial charge on any atom is 0.245 e. The molecular weight excluding hydrogens is 443 g/mol. The molecule has 1 saturated carbocycles. The number of sulfonamides is 1. The number of nitrogens with zero attached hydrogens (tertiary/aromatic N) is 3. The van der Waals surface area contributed by atoms with E-state index in [0.717, 1.165) is 24.8 Å². The summed E-state index contributed by atoms with van der Waals surface area (Å²) in [5.41, 5.74) is 0.525. The van der Waals surface area contributed by atoms with E-state index in [1.165, 1.54) is 22.6 Å². The number of hydrogen-bond donors (Lipinski definition) is 1. The first-order chi connectivity index (χ1) is 15.9. The maximum absolute atomic E-state index is 14.0. The van der Waals surface area contributed by atoms with Crippen molar-refractivity contribution >= 4 is 27.0 Å². The molecule has 5 rings (SSSR count). The number of rotatable bonds is 4. The smallest absolute Gasteiger partial charge is 0.245 e. The zero-order valence-electron chi connectivity index (χ0n) is 18.3. The second-order valence-corrected chi connectivity index (χ2v) is 10.8. The van der Waals surface area contributed by atoms with Gasteiger partial charge in [0.2, 0.25) is 15.9 Å². The number of pyridine rings is 1. The predicted molar refractivity (Wildman–Crippen MR) is 123 cm³/mol. The van der Waals surface area contributed by atoms with E-state index in [4.69, 9.17) is 0 Å². The topological polar surface area (TPSA) is 86.4 Å². The van der Waals surface area contributed by atoms with Crippen LogP contribution in [0.3, 0.4) is 0 Å². The van der Waals surface area contributed by atoms with Gasteiger partial charge in [0.15, 0.2) is 0 Å². The maximum atomic E-state index is 14.0. The molecule has 1 amide bonds. The number of amides is 1. The molecule has 2 aliphatic rings. The molecular formula is C24H27FN4O3S. The van der Waals surface area contributed by atoms with E-state index in [1.54, 1.807) is 29.3 Å². The zero-order chi connectivity index (χ0) is 23.1. The lowest BCUT2D eigenvalue weighted by Crippen LogP contribution is -2.56. The minimum Gasteiger partial charge on any atom is -0.345 e. The van der Waals surface area contributed by atoms with Crippen molar-refractivity contribution in [3.8, 4) is 0 Å². The molecule has 2 aromatic heterocycles. The Morgan fingerprint density at radius 2 is 1.79 bits per heavy atom. The summed E-state index contributed by atoms with van der Waals surface area (Å²) in [7, 11) is -3.72. The fourth-order valence-corrected chi connectivity index (χ4v) is 6.86. The minimum atomic E-state index is -3.72. The highest BCUT2D eigenvalue weighted by Gasteiger charge is 2.45. The van der Waals surface area contributed by atoms with Crippen LogP contribution in [0, 0.1) is 5.82 Å². The van der Waals surface area contributed by atoms with Crippen molar-refractivity contribution in [1.82, 2.24) is 19.2 Å². The summed E-state index contributed by atoms with van der Waals surface area (Å²) in [5.74, 6) is -0.351. The Morgan fingerprint density at radius 1 is 1.03 bits per heavy atom. The average molecular weight is 471 g/mol. The van der Waals surface area contributed by atoms with E-state index in [0.29, 0.717) is 37.0 Å². The predicted octanol–water partition coefficient (Wildman–Crippen LogP) is 3.44. The summed E-state index contributed by atoms with van der Waals surface area (Å²) in [4.78, 5) is 22.8. The SMILES string of the molecule is O=C(N1CCN(S(=O)(=O)c2c[nH]c3ncccc23)CC1)C1(c2cccc(F)c2)CCCCC1. The van der Waals surface area contributed by atoms with Crippen LogP contribution in [0.15, 0.2) is 53.7 Å². The van der Waals surface area contributed by atoms with Crippen molar-refractivity contribution in [2.24, 2.45) is 0 Å². The van der Waals surface area contributed by atoms with Crippen LogP contribution < -0.4 is 0 Å². The first-order valence-corrected chi connectivity index (χ1v) is 12.8. The molecule has 1 aromatic carbocycles. The van der Waals surface area contributed by atoms with Crippen molar-refractivity contribution in [3.63, 3.8) is 0 Å². The van der Waals surface area contributed by atoms with E-state index in [1.807, 2.05) is 6.07 Å². The first kappa shape index (κ1) is 22.0. The van der Waals surface area contributed by atoms with Gasteiger partial charge in [-0.05, 0) is 42.7 Å². The van der Waals surface area contributed by atoms with Gasteiger partial charge >= 0.3 is 0 Å². The number of halogens is 1. The lowest BCUT2D eigenvalue weighted by atomic mass is 9.68. The zero-order valence-corrected chi connectivity index (χ0v) is 19.2. The Hall–Kier alpha value is -2.78. The molecule has 1 aliphatic carbocycles. The van der Waals surface area contributed by atoms with Gasteiger partial charge in [0.05, 0.1) is 5.41 Å². The van der Waals surface area contributed by atoms with E-state index >= 15 is 0 Å². The van der Waals surface area contributed by atoms with Crippen molar-refractivity contribution in [3.05, 3.63) is 60.2 Å². The van der Waals surface area contributed by atoms with Crippen molar-refractivity contribution in [1.29, 1.82) is 0 Å². The molecule has 0 unspecified atom stereocenters. The fraction of sp³-hybridized carbons (Fsp3) is 0.417. The molecule has 0 radical (unpaired) electrons. The molecule has 2 fully saturated rings. The molecule has 174 valence electrons. The van der Waals surface area contributed by atoms with Gasteiger partial charge in [0.1, 0.15) is 16.4 Å². The minimum absolute atomic E-state index is 0.0128. The number of benzene rings is 1. The van der Waals surface area contributed by atoms with Crippen molar-refractivity contribution < 1.29 is 17.6 Å². The molecule has 9 heteroatoms. The van der Waals surface area contributed by atoms with Gasteiger partial charge in [-0.3, -0.25) is 4.79 Å². The van der Waals surface area contributed by atoms with Crippen LogP contribution in [-0.2, 0) is 20.2 Å². The van der Waals surface area contributed by atoms with Crippen LogP contribution in [0.1, 0.15) is 37.7 Å². The third kappa shape index (κ3) is 3.83. The average Bonchev–Trinajstić information content (AvgIpc) is 3.29. The Labute approximate surface area is 192 Å². The van der Waals surface area contributed by atoms with Crippen LogP contribution >= 0.6 is 0 Å². The number of piperazine rings is 1. The molecule has 0 bridgehead atoms. The Morgan fingerprint density at radius 3 is 2.52 bits per heavy atom. The van der Waals surface area contributed by atoms with Crippen LogP contribution in [0.5, 0.6) is 0 Å². The fourth-order valence-electron chi connectivity index (χ4n) is 5.29. The van der Waals surface area contributed by atoms with Gasteiger partial charge in [-0.1, -0.05) is 31.4 Å². The quantitative estimate of drug-likeness (QED) is 0.633. The van der Waals surface area contributed by atoms with Gasteiger partial charge in [0, 0.05) is 44.0 Å². The van der Waals surface area contributed by atoms with Gasteiger partial charge < -0.3 is 9.88 Å². The number of carbonyl (C=O) groups excluding carboxylic acids is 1. The number of H-pyrrole nitrogens is 1. The molecule has 3 aromatic rings. The van der Waals surface area contributed by atoms with Crippen LogP contribution in [0.25, 0.3) is 11.0 Å². The molecule has 1 aliphatic heterocycles. The Kier molecular flexibility index (Phi) is 5.70. The third-order valence-corrected chi connectivity index (χ3v) is 8.99. The lowest BCUT2D eigenvalue weighted by Gasteiger charge is -2.43. The van der Waals surface area contributed by atoms with E-state index in [2.05, 4.69) is 9.97 Å². The Bertz CT molecular complexity index is 1280. The number of aromatic nitrogens is 2. The largest absolute Gasteiger partial charge is 0.345 e. The molecule has 33 heavy (non-hydrogen) atoms. The summed E-state index contributed by atoms with van der Waals surface area (Å²) >= 11 is 0. The Balaban J connectivity index is 1.36. The number of nitrogens with one attached hydrogen (secondary N) is 1. The molecule has 3 heterocycles. The number of fused-ring (bicyclic) bond motifs is 1. The number of hydrogen-bond acceptors (Lipinski definition) is 4. The summed E-state index contributed by atoms with van der Waals surface area (Å²) in [5, 5.41) is 0.559. The molecule has 1 saturated heterocycles. The van der Waals surface area contributed by atoms with Crippen LogP contribution in [0.2, 0.25) is 0 Å². The summed E-state index contributed by atoms with van der Waals surface area (Å²) < 4.78 is 42.0. The standard InChI is InChI=1S/C24H27FN4O3S/c25-19-7-4-6-18(16-19)24(9-2-1-3-10-24)23(30)28-12-14-29(15-13-28)33(31,32)21-17-27-22-20(21)8-5-11-26-22/h4-8,11,16-17H,1-3,9-10,12-15H2,(H,26,27). The van der Waals surface area contributed by atoms with Gasteiger partial charge in [-0.2, -0.15) is 4.31 Å². The number of aromatic amines is 1. The first-order valence-electron chi connectivity index (χ1n) is 11.4. The van der Waals surface area contributed by atoms with Crippen molar-refractivity contribution in [2.45, 2.75) is 42.4 Å². The van der Waals surface area contributed by atoms with E-state index in [9.17, 15) is 17.6 Å². The number of carbonyl (C=O) groups is 1. The molecule has 7 nitrogen and oxygen atoms in total. The second-order valence-electron chi connectivity index (χ2n) is 8.90. The van der Waals surface area contributed by atoms with E-state index < -0.39 is 15.4 Å². The highest BCUT2D eigenvalue weighted by molar-refractivity contribution is 7.89. The van der Waals surface area contributed by atoms with Gasteiger partial charge in [-0.15, -0.1) is 0 Å². The normalized spacial score (nSPS) is 19.6. The monoisotopic (exact) mass is 470 g/mol. The van der Waals surface area contributed by atoms with Gasteiger partial charge in [0.25, 0.3) is 0 Å². The molecule has 1 N–H and O–H groups in total. The van der Waals surface area contributed by atoms with Crippen LogP contribution in [0.4, 0.5) is 4.39 Å². The highest BCUT2D eigenvalue weighted by atomic mass is 32.2. The summed E-state index contributed by atoms with van der Waals surface area (Å²) in [6, 6.07) is 9.83. The third-order valence-electron chi connectivity index (χ3n) is 7.05. The highest BCUT2D eigenvalue weighted by Crippen LogP contribution is 2.41. The summed E-state index contributed by atoms with van der Waals surface area (Å²) in [6.07, 6.45) is 7.38. The molecule has 0 atom stereocenters. The molecule has 0 spiro atoms. The van der Waals surface area contributed by atoms with Crippen LogP contribution in [-0.4, -0.2) is 59.7 Å². The summed E-state index contributed by atoms with van der Waals surface area (Å²) in [6.45, 7) is 1.08. The van der Waals surface area contributed by atoms with Crippen molar-refractivity contribution in [2.75, 3.05) is 26.2 Å². The lowest BCUT2D eigenvalue weighted by molar-refractivity contribution is -0.140. The van der Waals surface area contributed by atoms with Gasteiger partial charge in [-0.25, -0.2) is 17.8 Å².